The molecule has 0 aromatic heterocycles. The van der Waals surface area contributed by atoms with Crippen LogP contribution in [-0.2, 0) is 4.79 Å². The van der Waals surface area contributed by atoms with Gasteiger partial charge in [-0.15, -0.1) is 23.5 Å². The maximum atomic E-state index is 12.5. The number of primary amides is 1. The molecule has 0 aliphatic rings. The normalized spacial score (nSPS) is 11.7. The fourth-order valence-corrected chi connectivity index (χ4v) is 3.31. The second-order valence-electron chi connectivity index (χ2n) is 4.84. The van der Waals surface area contributed by atoms with Crippen LogP contribution < -0.4 is 11.1 Å². The molecular formula is C17H18N2O2S2. The molecule has 0 bridgehead atoms. The quantitative estimate of drug-likeness (QED) is 0.784. The zero-order valence-electron chi connectivity index (χ0n) is 12.9. The van der Waals surface area contributed by atoms with E-state index in [9.17, 15) is 9.59 Å². The highest BCUT2D eigenvalue weighted by Gasteiger charge is 2.16. The van der Waals surface area contributed by atoms with E-state index in [2.05, 4.69) is 5.32 Å². The Labute approximate surface area is 144 Å². The van der Waals surface area contributed by atoms with Gasteiger partial charge in [0, 0.05) is 15.5 Å². The molecule has 0 aliphatic carbocycles. The van der Waals surface area contributed by atoms with Crippen molar-refractivity contribution in [1.82, 2.24) is 0 Å². The third-order valence-corrected chi connectivity index (χ3v) is 5.08. The lowest BCUT2D eigenvalue weighted by Gasteiger charge is -2.12. The molecular weight excluding hydrogens is 328 g/mol. The summed E-state index contributed by atoms with van der Waals surface area (Å²) in [5.41, 5.74) is 6.57. The monoisotopic (exact) mass is 346 g/mol. The summed E-state index contributed by atoms with van der Waals surface area (Å²) in [6.45, 7) is 1.73. The first-order valence-electron chi connectivity index (χ1n) is 7.01. The Bertz CT molecular complexity index is 719. The number of hydrogen-bond donors (Lipinski definition) is 2. The van der Waals surface area contributed by atoms with E-state index in [-0.39, 0.29) is 5.91 Å². The van der Waals surface area contributed by atoms with Crippen LogP contribution in [0.5, 0.6) is 0 Å². The number of rotatable bonds is 6. The van der Waals surface area contributed by atoms with Crippen LogP contribution in [0.3, 0.4) is 0 Å². The Morgan fingerprint density at radius 2 is 1.87 bits per heavy atom. The van der Waals surface area contributed by atoms with Crippen molar-refractivity contribution >= 4 is 41.0 Å². The molecule has 0 aliphatic heterocycles. The lowest BCUT2D eigenvalue weighted by Crippen LogP contribution is -2.23. The first kappa shape index (κ1) is 17.4. The van der Waals surface area contributed by atoms with E-state index in [0.717, 1.165) is 15.5 Å². The highest BCUT2D eigenvalue weighted by atomic mass is 32.2. The van der Waals surface area contributed by atoms with Gasteiger partial charge in [-0.1, -0.05) is 18.2 Å². The van der Waals surface area contributed by atoms with Crippen molar-refractivity contribution in [3.63, 3.8) is 0 Å². The Morgan fingerprint density at radius 3 is 2.57 bits per heavy atom. The minimum atomic E-state index is -0.405. The van der Waals surface area contributed by atoms with Crippen LogP contribution in [0.1, 0.15) is 17.3 Å². The Hall–Kier alpha value is -1.92. The van der Waals surface area contributed by atoms with Gasteiger partial charge in [-0.05, 0) is 43.5 Å². The number of benzene rings is 2. The topological polar surface area (TPSA) is 72.2 Å². The van der Waals surface area contributed by atoms with Gasteiger partial charge in [0.2, 0.25) is 5.91 Å². The van der Waals surface area contributed by atoms with E-state index in [1.54, 1.807) is 30.8 Å². The molecule has 0 radical (unpaired) electrons. The average molecular weight is 346 g/mol. The second kappa shape index (κ2) is 8.08. The highest BCUT2D eigenvalue weighted by molar-refractivity contribution is 8.00. The molecule has 2 rings (SSSR count). The largest absolute Gasteiger partial charge is 0.369 e. The molecule has 2 amide bonds. The maximum absolute atomic E-state index is 12.5. The van der Waals surface area contributed by atoms with Crippen molar-refractivity contribution < 1.29 is 9.59 Å². The summed E-state index contributed by atoms with van der Waals surface area (Å²) in [7, 11) is 0. The third kappa shape index (κ3) is 4.77. The van der Waals surface area contributed by atoms with Crippen molar-refractivity contribution in [2.45, 2.75) is 22.0 Å². The number of anilines is 1. The van der Waals surface area contributed by atoms with Gasteiger partial charge >= 0.3 is 0 Å². The molecule has 0 heterocycles. The van der Waals surface area contributed by atoms with Crippen LogP contribution >= 0.6 is 23.5 Å². The number of amides is 2. The minimum absolute atomic E-state index is 0.206. The molecule has 1 atom stereocenters. The summed E-state index contributed by atoms with van der Waals surface area (Å²) < 4.78 is 0. The summed E-state index contributed by atoms with van der Waals surface area (Å²) in [5, 5.41) is 2.49. The number of hydrogen-bond acceptors (Lipinski definition) is 4. The van der Waals surface area contributed by atoms with Gasteiger partial charge in [0.15, 0.2) is 0 Å². The standard InChI is InChI=1S/C17H18N2O2S2/c1-11(16(18)20)23-15-9-4-3-8-14(15)17(21)19-12-6-5-7-13(10-12)22-2/h3-11H,1-2H3,(H2,18,20)(H,19,21)/t11-/m0/s1. The van der Waals surface area contributed by atoms with Gasteiger partial charge in [0.25, 0.3) is 5.91 Å². The molecule has 4 nitrogen and oxygen atoms in total. The van der Waals surface area contributed by atoms with Gasteiger partial charge in [-0.3, -0.25) is 9.59 Å². The van der Waals surface area contributed by atoms with Gasteiger partial charge in [-0.2, -0.15) is 0 Å². The molecule has 0 fully saturated rings. The molecule has 0 spiro atoms. The van der Waals surface area contributed by atoms with E-state index in [1.807, 2.05) is 42.7 Å². The highest BCUT2D eigenvalue weighted by Crippen LogP contribution is 2.27. The number of thioether (sulfide) groups is 2. The molecule has 0 saturated carbocycles. The third-order valence-electron chi connectivity index (χ3n) is 3.16. The van der Waals surface area contributed by atoms with Crippen LogP contribution in [0.15, 0.2) is 58.3 Å². The zero-order chi connectivity index (χ0) is 16.8. The molecule has 3 N–H and O–H groups in total. The van der Waals surface area contributed by atoms with Crippen LogP contribution in [0.4, 0.5) is 5.69 Å². The van der Waals surface area contributed by atoms with Crippen molar-refractivity contribution in [2.75, 3.05) is 11.6 Å². The maximum Gasteiger partial charge on any atom is 0.256 e. The summed E-state index contributed by atoms with van der Waals surface area (Å²) >= 11 is 2.90. The smallest absolute Gasteiger partial charge is 0.256 e. The van der Waals surface area contributed by atoms with Crippen molar-refractivity contribution in [3.05, 3.63) is 54.1 Å². The number of carbonyl (C=O) groups excluding carboxylic acids is 2. The molecule has 120 valence electrons. The van der Waals surface area contributed by atoms with Gasteiger partial charge in [0.1, 0.15) is 0 Å². The summed E-state index contributed by atoms with van der Waals surface area (Å²) in [4.78, 5) is 25.6. The fraction of sp³-hybridized carbons (Fsp3) is 0.176. The number of carbonyl (C=O) groups is 2. The van der Waals surface area contributed by atoms with Crippen molar-refractivity contribution in [3.8, 4) is 0 Å². The average Bonchev–Trinajstić information content (AvgIpc) is 2.55. The van der Waals surface area contributed by atoms with Crippen LogP contribution in [0.2, 0.25) is 0 Å². The predicted molar refractivity (Wildman–Crippen MR) is 97.1 cm³/mol. The molecule has 2 aromatic rings. The van der Waals surface area contributed by atoms with E-state index >= 15 is 0 Å². The molecule has 23 heavy (non-hydrogen) atoms. The first-order chi connectivity index (χ1) is 11.0. The Morgan fingerprint density at radius 1 is 1.13 bits per heavy atom. The van der Waals surface area contributed by atoms with E-state index in [1.165, 1.54) is 11.8 Å². The van der Waals surface area contributed by atoms with Crippen LogP contribution in [-0.4, -0.2) is 23.3 Å². The minimum Gasteiger partial charge on any atom is -0.369 e. The summed E-state index contributed by atoms with van der Waals surface area (Å²) in [6, 6.07) is 14.8. The summed E-state index contributed by atoms with van der Waals surface area (Å²) in [5.74, 6) is -0.610. The predicted octanol–water partition coefficient (Wildman–Crippen LogP) is 3.63. The lowest BCUT2D eigenvalue weighted by atomic mass is 10.2. The van der Waals surface area contributed by atoms with Crippen molar-refractivity contribution in [2.24, 2.45) is 5.73 Å². The number of nitrogens with two attached hydrogens (primary N) is 1. The van der Waals surface area contributed by atoms with Crippen LogP contribution in [0, 0.1) is 0 Å². The van der Waals surface area contributed by atoms with Gasteiger partial charge in [0.05, 0.1) is 10.8 Å². The zero-order valence-corrected chi connectivity index (χ0v) is 14.5. The Kier molecular flexibility index (Phi) is 6.12. The van der Waals surface area contributed by atoms with Gasteiger partial charge in [-0.25, -0.2) is 0 Å². The summed E-state index contributed by atoms with van der Waals surface area (Å²) in [6.07, 6.45) is 1.98. The van der Waals surface area contributed by atoms with Crippen LogP contribution in [0.25, 0.3) is 0 Å². The first-order valence-corrected chi connectivity index (χ1v) is 9.12. The van der Waals surface area contributed by atoms with E-state index in [0.29, 0.717) is 5.56 Å². The Balaban J connectivity index is 2.20. The second-order valence-corrected chi connectivity index (χ2v) is 7.11. The lowest BCUT2D eigenvalue weighted by molar-refractivity contribution is -0.117. The fourth-order valence-electron chi connectivity index (χ4n) is 1.90. The molecule has 0 saturated heterocycles. The molecule has 0 unspecified atom stereocenters. The molecule has 2 aromatic carbocycles. The van der Waals surface area contributed by atoms with E-state index in [4.69, 9.17) is 5.73 Å². The number of nitrogens with one attached hydrogen (secondary N) is 1. The van der Waals surface area contributed by atoms with E-state index < -0.39 is 11.2 Å². The van der Waals surface area contributed by atoms with Crippen molar-refractivity contribution in [1.29, 1.82) is 0 Å². The molecule has 6 heteroatoms. The van der Waals surface area contributed by atoms with Gasteiger partial charge < -0.3 is 11.1 Å². The SMILES string of the molecule is CSc1cccc(NC(=O)c2ccccc2S[C@@H](C)C(N)=O)c1.